The van der Waals surface area contributed by atoms with Crippen LogP contribution in [0.25, 0.3) is 6.08 Å². The van der Waals surface area contributed by atoms with Crippen LogP contribution in [0, 0.1) is 0 Å². The van der Waals surface area contributed by atoms with Gasteiger partial charge in [0.1, 0.15) is 5.69 Å². The Morgan fingerprint density at radius 1 is 1.16 bits per heavy atom. The third kappa shape index (κ3) is 1.31. The van der Waals surface area contributed by atoms with Crippen LogP contribution in [0.5, 0.6) is 0 Å². The second-order valence-corrected chi connectivity index (χ2v) is 4.73. The van der Waals surface area contributed by atoms with Crippen LogP contribution in [0.3, 0.4) is 0 Å². The first kappa shape index (κ1) is 10.4. The van der Waals surface area contributed by atoms with E-state index in [2.05, 4.69) is 4.99 Å². The van der Waals surface area contributed by atoms with Crippen molar-refractivity contribution >= 4 is 29.2 Å². The highest BCUT2D eigenvalue weighted by Gasteiger charge is 2.31. The molecule has 0 bridgehead atoms. The molecule has 2 aliphatic heterocycles. The van der Waals surface area contributed by atoms with Gasteiger partial charge < -0.3 is 0 Å². The predicted octanol–water partition coefficient (Wildman–Crippen LogP) is 2.70. The summed E-state index contributed by atoms with van der Waals surface area (Å²) in [7, 11) is 0. The molecule has 1 aliphatic carbocycles. The molecule has 92 valence electrons. The summed E-state index contributed by atoms with van der Waals surface area (Å²) in [6.45, 7) is 0. The molecule has 0 saturated carbocycles. The second kappa shape index (κ2) is 3.51. The van der Waals surface area contributed by atoms with Crippen LogP contribution in [-0.2, 0) is 0 Å². The molecule has 0 spiro atoms. The summed E-state index contributed by atoms with van der Waals surface area (Å²) in [4.78, 5) is 28.8. The number of nitrogens with zero attached hydrogens (tertiary/aromatic N) is 2. The number of fused-ring (bicyclic) bond motifs is 4. The highest BCUT2D eigenvalue weighted by atomic mass is 16.2. The third-order valence-electron chi connectivity index (χ3n) is 3.58. The fraction of sp³-hybridized carbons (Fsp3) is 0.133. The number of rotatable bonds is 0. The van der Waals surface area contributed by atoms with E-state index in [1.807, 2.05) is 30.4 Å². The molecule has 0 aromatic carbocycles. The van der Waals surface area contributed by atoms with Crippen molar-refractivity contribution in [2.75, 3.05) is 0 Å². The van der Waals surface area contributed by atoms with Gasteiger partial charge in [0.15, 0.2) is 5.78 Å². The van der Waals surface area contributed by atoms with Gasteiger partial charge in [0.2, 0.25) is 5.91 Å². The average Bonchev–Trinajstić information content (AvgIpc) is 2.80. The minimum Gasteiger partial charge on any atom is -0.288 e. The van der Waals surface area contributed by atoms with Crippen LogP contribution in [0.15, 0.2) is 41.1 Å². The fourth-order valence-corrected chi connectivity index (χ4v) is 2.66. The van der Waals surface area contributed by atoms with Crippen molar-refractivity contribution in [2.45, 2.75) is 12.8 Å². The Kier molecular flexibility index (Phi) is 1.93. The Labute approximate surface area is 109 Å². The first-order chi connectivity index (χ1) is 9.25. The topological polar surface area (TPSA) is 51.4 Å². The van der Waals surface area contributed by atoms with Gasteiger partial charge in [-0.15, -0.1) is 0 Å². The number of ketones is 1. The number of aliphatic imine (C=N–C) groups is 1. The summed E-state index contributed by atoms with van der Waals surface area (Å²) in [5.41, 5.74) is 3.21. The third-order valence-corrected chi connectivity index (χ3v) is 3.58. The van der Waals surface area contributed by atoms with E-state index < -0.39 is 0 Å². The van der Waals surface area contributed by atoms with Gasteiger partial charge in [0, 0.05) is 18.2 Å². The molecule has 1 aromatic heterocycles. The van der Waals surface area contributed by atoms with Crippen molar-refractivity contribution in [3.63, 3.8) is 0 Å². The van der Waals surface area contributed by atoms with Gasteiger partial charge in [-0.1, -0.05) is 18.2 Å². The minimum atomic E-state index is -0.0348. The van der Waals surface area contributed by atoms with Crippen molar-refractivity contribution in [1.82, 2.24) is 4.57 Å². The first-order valence-electron chi connectivity index (χ1n) is 6.21. The monoisotopic (exact) mass is 250 g/mol. The van der Waals surface area contributed by atoms with Crippen molar-refractivity contribution in [1.29, 1.82) is 0 Å². The zero-order valence-corrected chi connectivity index (χ0v) is 10.1. The highest BCUT2D eigenvalue weighted by molar-refractivity contribution is 6.35. The molecule has 0 fully saturated rings. The van der Waals surface area contributed by atoms with E-state index in [-0.39, 0.29) is 11.7 Å². The van der Waals surface area contributed by atoms with E-state index in [1.165, 1.54) is 4.57 Å². The first-order valence-corrected chi connectivity index (χ1v) is 6.21. The van der Waals surface area contributed by atoms with Gasteiger partial charge in [-0.2, -0.15) is 0 Å². The Morgan fingerprint density at radius 3 is 2.95 bits per heavy atom. The molecular weight excluding hydrogens is 240 g/mol. The normalized spacial score (nSPS) is 19.6. The lowest BCUT2D eigenvalue weighted by molar-refractivity contribution is 0.0915. The van der Waals surface area contributed by atoms with Crippen molar-refractivity contribution in [3.8, 4) is 0 Å². The molecule has 4 heteroatoms. The molecule has 0 unspecified atom stereocenters. The van der Waals surface area contributed by atoms with Gasteiger partial charge in [0.05, 0.1) is 17.0 Å². The molecule has 19 heavy (non-hydrogen) atoms. The largest absolute Gasteiger partial charge is 0.288 e. The Hall–Kier alpha value is -2.49. The van der Waals surface area contributed by atoms with Crippen LogP contribution >= 0.6 is 0 Å². The fourth-order valence-electron chi connectivity index (χ4n) is 2.66. The molecule has 4 nitrogen and oxygen atoms in total. The van der Waals surface area contributed by atoms with E-state index in [1.54, 1.807) is 6.20 Å². The van der Waals surface area contributed by atoms with E-state index in [4.69, 9.17) is 0 Å². The van der Waals surface area contributed by atoms with Gasteiger partial charge in [-0.3, -0.25) is 14.2 Å². The quantitative estimate of drug-likeness (QED) is 0.710. The number of allylic oxidation sites excluding steroid dienone is 5. The van der Waals surface area contributed by atoms with Crippen molar-refractivity contribution in [3.05, 3.63) is 47.3 Å². The standard InChI is InChI=1S/C15H10N2O2/c18-13-7-3-6-12-14-10(8-17(12)13)15(19)9-4-1-2-5-11(9)16-14/h2-6,8H,1,7H2. The molecule has 0 saturated heterocycles. The van der Waals surface area contributed by atoms with E-state index in [0.29, 0.717) is 34.7 Å². The summed E-state index contributed by atoms with van der Waals surface area (Å²) in [5.74, 6) is -0.0557. The number of hydrogen-bond acceptors (Lipinski definition) is 3. The van der Waals surface area contributed by atoms with Crippen molar-refractivity contribution < 1.29 is 9.59 Å². The maximum Gasteiger partial charge on any atom is 0.234 e. The highest BCUT2D eigenvalue weighted by Crippen LogP contribution is 2.37. The maximum atomic E-state index is 12.4. The maximum absolute atomic E-state index is 12.4. The molecule has 0 N–H and O–H groups in total. The zero-order chi connectivity index (χ0) is 13.0. The molecular formula is C15H10N2O2. The van der Waals surface area contributed by atoms with Crippen LogP contribution < -0.4 is 0 Å². The van der Waals surface area contributed by atoms with E-state index in [9.17, 15) is 9.59 Å². The van der Waals surface area contributed by atoms with Gasteiger partial charge in [-0.25, -0.2) is 4.99 Å². The lowest BCUT2D eigenvalue weighted by Crippen LogP contribution is -2.16. The SMILES string of the molecule is O=C1C2=CCC=CC2=Nc2c1cn1c2C=CCC1=O. The Balaban J connectivity index is 2.02. The Morgan fingerprint density at radius 2 is 2.05 bits per heavy atom. The number of carbonyl (C=O) groups excluding carboxylic acids is 2. The van der Waals surface area contributed by atoms with Gasteiger partial charge in [-0.05, 0) is 18.6 Å². The van der Waals surface area contributed by atoms with Crippen LogP contribution in [0.4, 0.5) is 5.69 Å². The lowest BCUT2D eigenvalue weighted by atomic mass is 9.93. The Bertz CT molecular complexity index is 757. The van der Waals surface area contributed by atoms with E-state index in [0.717, 1.165) is 6.42 Å². The number of hydrogen-bond donors (Lipinski definition) is 0. The predicted molar refractivity (Wildman–Crippen MR) is 72.0 cm³/mol. The second-order valence-electron chi connectivity index (χ2n) is 4.73. The number of carbonyl (C=O) groups is 2. The zero-order valence-electron chi connectivity index (χ0n) is 10.1. The van der Waals surface area contributed by atoms with E-state index >= 15 is 0 Å². The average molecular weight is 250 g/mol. The molecule has 0 amide bonds. The molecule has 4 rings (SSSR count). The number of aromatic nitrogens is 1. The molecule has 1 aromatic rings. The van der Waals surface area contributed by atoms with Crippen molar-refractivity contribution in [2.24, 2.45) is 4.99 Å². The summed E-state index contributed by atoms with van der Waals surface area (Å²) in [6.07, 6.45) is 12.1. The molecule has 3 heterocycles. The number of Topliss-reactive ketones (excluding diaryl/α,β-unsaturated/α-hetero) is 1. The van der Waals surface area contributed by atoms with Gasteiger partial charge >= 0.3 is 0 Å². The lowest BCUT2D eigenvalue weighted by Gasteiger charge is -2.15. The summed E-state index contributed by atoms with van der Waals surface area (Å²) < 4.78 is 1.54. The van der Waals surface area contributed by atoms with Crippen LogP contribution in [-0.4, -0.2) is 22.0 Å². The summed E-state index contributed by atoms with van der Waals surface area (Å²) in [6, 6.07) is 0. The summed E-state index contributed by atoms with van der Waals surface area (Å²) in [5, 5.41) is 0. The van der Waals surface area contributed by atoms with Crippen LogP contribution in [0.2, 0.25) is 0 Å². The smallest absolute Gasteiger partial charge is 0.234 e. The van der Waals surface area contributed by atoms with Crippen LogP contribution in [0.1, 0.15) is 33.7 Å². The molecule has 0 atom stereocenters. The minimum absolute atomic E-state index is 0.0209. The summed E-state index contributed by atoms with van der Waals surface area (Å²) >= 11 is 0. The van der Waals surface area contributed by atoms with Gasteiger partial charge in [0.25, 0.3) is 0 Å². The molecule has 0 radical (unpaired) electrons. The molecule has 3 aliphatic rings.